The third-order valence-corrected chi connectivity index (χ3v) is 2.06. The zero-order valence-corrected chi connectivity index (χ0v) is 6.00. The van der Waals surface area contributed by atoms with Crippen molar-refractivity contribution in [2.24, 2.45) is 0 Å². The molecule has 1 aliphatic heterocycles. The van der Waals surface area contributed by atoms with Gasteiger partial charge in [0.05, 0.1) is 19.3 Å². The number of nitriles is 1. The van der Waals surface area contributed by atoms with Crippen LogP contribution in [0.1, 0.15) is 5.56 Å². The molecule has 0 spiro atoms. The lowest BCUT2D eigenvalue weighted by molar-refractivity contribution is -0.0297. The lowest BCUT2D eigenvalue weighted by Crippen LogP contribution is -2.45. The number of nitrogens with one attached hydrogen (secondary N) is 1. The summed E-state index contributed by atoms with van der Waals surface area (Å²) in [5, 5.41) is 8.86. The van der Waals surface area contributed by atoms with Gasteiger partial charge in [-0.15, -0.1) is 0 Å². The van der Waals surface area contributed by atoms with E-state index < -0.39 is 0 Å². The van der Waals surface area contributed by atoms with Crippen LogP contribution < -0.4 is 0 Å². The first kappa shape index (κ1) is 6.44. The molecule has 56 valence electrons. The van der Waals surface area contributed by atoms with Gasteiger partial charge in [0.1, 0.15) is 5.41 Å². The number of hydrogen-bond donors (Lipinski definition) is 1. The Kier molecular flexibility index (Phi) is 1.23. The molecule has 0 aliphatic carbocycles. The van der Waals surface area contributed by atoms with E-state index in [-0.39, 0.29) is 5.41 Å². The normalized spacial score (nSPS) is 20.3. The molecule has 1 saturated heterocycles. The molecule has 0 aromatic carbocycles. The molecule has 1 aromatic heterocycles. The van der Waals surface area contributed by atoms with Crippen molar-refractivity contribution in [2.45, 2.75) is 5.41 Å². The van der Waals surface area contributed by atoms with Crippen molar-refractivity contribution in [2.75, 3.05) is 13.2 Å². The van der Waals surface area contributed by atoms with Gasteiger partial charge in [0, 0.05) is 12.4 Å². The Hall–Kier alpha value is -1.27. The van der Waals surface area contributed by atoms with Crippen molar-refractivity contribution in [1.29, 1.82) is 5.26 Å². The minimum absolute atomic E-state index is 0.361. The second-order valence-corrected chi connectivity index (χ2v) is 2.79. The third-order valence-electron chi connectivity index (χ3n) is 2.06. The monoisotopic (exact) mass is 148 g/mol. The van der Waals surface area contributed by atoms with Gasteiger partial charge in [-0.1, -0.05) is 0 Å². The standard InChI is InChI=1S/C8H8N2O/c9-4-8(5-11-6-8)7-1-2-10-3-7/h1-3,10H,5-6H2. The molecule has 2 heterocycles. The van der Waals surface area contributed by atoms with E-state index in [0.29, 0.717) is 13.2 Å². The van der Waals surface area contributed by atoms with E-state index in [1.54, 1.807) is 0 Å². The fraction of sp³-hybridized carbons (Fsp3) is 0.375. The molecule has 0 unspecified atom stereocenters. The maximum absolute atomic E-state index is 8.86. The molecular weight excluding hydrogens is 140 g/mol. The zero-order chi connectivity index (χ0) is 7.73. The van der Waals surface area contributed by atoms with Gasteiger partial charge in [-0.2, -0.15) is 5.26 Å². The van der Waals surface area contributed by atoms with Crippen LogP contribution in [-0.4, -0.2) is 18.2 Å². The van der Waals surface area contributed by atoms with Crippen LogP contribution in [0.5, 0.6) is 0 Å². The number of nitrogens with zero attached hydrogens (tertiary/aromatic N) is 1. The number of aromatic amines is 1. The van der Waals surface area contributed by atoms with Gasteiger partial charge in [-0.05, 0) is 11.6 Å². The maximum Gasteiger partial charge on any atom is 0.130 e. The molecule has 1 aliphatic rings. The minimum atomic E-state index is -0.361. The summed E-state index contributed by atoms with van der Waals surface area (Å²) >= 11 is 0. The molecule has 0 bridgehead atoms. The summed E-state index contributed by atoms with van der Waals surface area (Å²) < 4.78 is 5.02. The Labute approximate surface area is 64.6 Å². The van der Waals surface area contributed by atoms with E-state index >= 15 is 0 Å². The predicted molar refractivity (Wildman–Crippen MR) is 38.9 cm³/mol. The van der Waals surface area contributed by atoms with Crippen molar-refractivity contribution >= 4 is 0 Å². The van der Waals surface area contributed by atoms with E-state index in [0.717, 1.165) is 5.56 Å². The first-order valence-corrected chi connectivity index (χ1v) is 3.50. The fourth-order valence-corrected chi connectivity index (χ4v) is 1.22. The average molecular weight is 148 g/mol. The minimum Gasteiger partial charge on any atom is -0.377 e. The van der Waals surface area contributed by atoms with E-state index in [4.69, 9.17) is 10.00 Å². The fourth-order valence-electron chi connectivity index (χ4n) is 1.22. The van der Waals surface area contributed by atoms with E-state index in [1.165, 1.54) is 0 Å². The highest BCUT2D eigenvalue weighted by molar-refractivity contribution is 5.33. The highest BCUT2D eigenvalue weighted by Gasteiger charge is 2.40. The largest absolute Gasteiger partial charge is 0.377 e. The lowest BCUT2D eigenvalue weighted by atomic mass is 9.82. The topological polar surface area (TPSA) is 48.8 Å². The Morgan fingerprint density at radius 2 is 2.45 bits per heavy atom. The third kappa shape index (κ3) is 0.765. The number of ether oxygens (including phenoxy) is 1. The van der Waals surface area contributed by atoms with E-state index in [1.807, 2.05) is 18.5 Å². The number of hydrogen-bond acceptors (Lipinski definition) is 2. The molecule has 0 radical (unpaired) electrons. The van der Waals surface area contributed by atoms with Gasteiger partial charge in [-0.25, -0.2) is 0 Å². The highest BCUT2D eigenvalue weighted by atomic mass is 16.5. The SMILES string of the molecule is N#CC1(c2cc[nH]c2)COC1. The van der Waals surface area contributed by atoms with Gasteiger partial charge in [0.15, 0.2) is 0 Å². The second-order valence-electron chi connectivity index (χ2n) is 2.79. The summed E-state index contributed by atoms with van der Waals surface area (Å²) in [6, 6.07) is 4.19. The predicted octanol–water partition coefficient (Wildman–Crippen LogP) is 0.806. The molecule has 11 heavy (non-hydrogen) atoms. The first-order valence-electron chi connectivity index (χ1n) is 3.50. The van der Waals surface area contributed by atoms with Gasteiger partial charge < -0.3 is 9.72 Å². The molecule has 1 aromatic rings. The van der Waals surface area contributed by atoms with Gasteiger partial charge in [0.2, 0.25) is 0 Å². The lowest BCUT2D eigenvalue weighted by Gasteiger charge is -2.34. The van der Waals surface area contributed by atoms with Gasteiger partial charge in [-0.3, -0.25) is 0 Å². The van der Waals surface area contributed by atoms with Crippen molar-refractivity contribution in [3.05, 3.63) is 24.0 Å². The van der Waals surface area contributed by atoms with Crippen molar-refractivity contribution in [1.82, 2.24) is 4.98 Å². The molecule has 0 atom stereocenters. The van der Waals surface area contributed by atoms with Gasteiger partial charge >= 0.3 is 0 Å². The van der Waals surface area contributed by atoms with Crippen LogP contribution in [-0.2, 0) is 10.2 Å². The summed E-state index contributed by atoms with van der Waals surface area (Å²) in [4.78, 5) is 2.93. The van der Waals surface area contributed by atoms with Crippen LogP contribution in [0.3, 0.4) is 0 Å². The summed E-state index contributed by atoms with van der Waals surface area (Å²) in [6.07, 6.45) is 3.68. The Morgan fingerprint density at radius 1 is 1.64 bits per heavy atom. The number of H-pyrrole nitrogens is 1. The highest BCUT2D eigenvalue weighted by Crippen LogP contribution is 2.30. The van der Waals surface area contributed by atoms with E-state index in [9.17, 15) is 0 Å². The van der Waals surface area contributed by atoms with Crippen LogP contribution >= 0.6 is 0 Å². The second kappa shape index (κ2) is 2.11. The molecule has 1 fully saturated rings. The zero-order valence-electron chi connectivity index (χ0n) is 6.00. The quantitative estimate of drug-likeness (QED) is 0.640. The summed E-state index contributed by atoms with van der Waals surface area (Å²) in [6.45, 7) is 1.06. The molecule has 0 amide bonds. The molecule has 1 N–H and O–H groups in total. The van der Waals surface area contributed by atoms with Crippen molar-refractivity contribution < 1.29 is 4.74 Å². The molecular formula is C8H8N2O. The summed E-state index contributed by atoms with van der Waals surface area (Å²) in [5.74, 6) is 0. The molecule has 3 heteroatoms. The number of rotatable bonds is 1. The molecule has 2 rings (SSSR count). The van der Waals surface area contributed by atoms with Crippen LogP contribution in [0.4, 0.5) is 0 Å². The Balaban J connectivity index is 2.34. The van der Waals surface area contributed by atoms with Gasteiger partial charge in [0.25, 0.3) is 0 Å². The first-order chi connectivity index (χ1) is 5.37. The maximum atomic E-state index is 8.86. The Morgan fingerprint density at radius 3 is 2.82 bits per heavy atom. The number of aromatic nitrogens is 1. The van der Waals surface area contributed by atoms with Crippen LogP contribution in [0.15, 0.2) is 18.5 Å². The van der Waals surface area contributed by atoms with Crippen LogP contribution in [0, 0.1) is 11.3 Å². The average Bonchev–Trinajstić information content (AvgIpc) is 2.39. The van der Waals surface area contributed by atoms with E-state index in [2.05, 4.69) is 11.1 Å². The van der Waals surface area contributed by atoms with Crippen molar-refractivity contribution in [3.8, 4) is 6.07 Å². The smallest absolute Gasteiger partial charge is 0.130 e. The van der Waals surface area contributed by atoms with Crippen LogP contribution in [0.2, 0.25) is 0 Å². The summed E-state index contributed by atoms with van der Waals surface area (Å²) in [5.41, 5.74) is 0.672. The van der Waals surface area contributed by atoms with Crippen molar-refractivity contribution in [3.63, 3.8) is 0 Å². The Bertz CT molecular complexity index is 280. The van der Waals surface area contributed by atoms with Crippen LogP contribution in [0.25, 0.3) is 0 Å². The molecule has 3 nitrogen and oxygen atoms in total. The summed E-state index contributed by atoms with van der Waals surface area (Å²) in [7, 11) is 0. The molecule has 0 saturated carbocycles.